The molecule has 1 N–H and O–H groups in total. The lowest BCUT2D eigenvalue weighted by Crippen LogP contribution is -2.47. The van der Waals surface area contributed by atoms with Crippen molar-refractivity contribution in [1.29, 1.82) is 0 Å². The number of non-ortho nitro benzene ring substituents is 1. The van der Waals surface area contributed by atoms with Crippen LogP contribution in [0.3, 0.4) is 0 Å². The maximum Gasteiger partial charge on any atom is 0.271 e. The van der Waals surface area contributed by atoms with Gasteiger partial charge in [-0.25, -0.2) is 0 Å². The number of nitro groups is 1. The molecule has 0 bridgehead atoms. The van der Waals surface area contributed by atoms with Crippen LogP contribution in [0.15, 0.2) is 24.3 Å². The number of hydrogen-bond acceptors (Lipinski definition) is 4. The van der Waals surface area contributed by atoms with Crippen molar-refractivity contribution >= 4 is 23.2 Å². The van der Waals surface area contributed by atoms with Gasteiger partial charge in [-0.1, -0.05) is 26.8 Å². The van der Waals surface area contributed by atoms with Crippen LogP contribution in [0.25, 0.3) is 0 Å². The molecule has 0 saturated carbocycles. The van der Waals surface area contributed by atoms with E-state index in [1.807, 2.05) is 20.8 Å². The third kappa shape index (κ3) is 3.85. The van der Waals surface area contributed by atoms with Crippen LogP contribution in [-0.4, -0.2) is 34.2 Å². The Balaban J connectivity index is 2.12. The van der Waals surface area contributed by atoms with E-state index in [9.17, 15) is 19.7 Å². The molecule has 1 unspecified atom stereocenters. The van der Waals surface area contributed by atoms with Crippen molar-refractivity contribution in [2.24, 2.45) is 5.41 Å². The number of nitro benzene ring substituents is 1. The Morgan fingerprint density at radius 1 is 1.35 bits per heavy atom. The minimum Gasteiger partial charge on any atom is -0.330 e. The van der Waals surface area contributed by atoms with E-state index in [0.717, 1.165) is 6.42 Å². The summed E-state index contributed by atoms with van der Waals surface area (Å²) in [7, 11) is 0. The zero-order chi connectivity index (χ0) is 17.2. The van der Waals surface area contributed by atoms with Gasteiger partial charge in [0.2, 0.25) is 11.8 Å². The lowest BCUT2D eigenvalue weighted by atomic mass is 9.94. The summed E-state index contributed by atoms with van der Waals surface area (Å²) in [5.74, 6) is -0.366. The second kappa shape index (κ2) is 6.36. The number of carbonyl (C=O) groups is 2. The molecule has 0 radical (unpaired) electrons. The van der Waals surface area contributed by atoms with Gasteiger partial charge in [-0.3, -0.25) is 19.7 Å². The van der Waals surface area contributed by atoms with Crippen LogP contribution in [0.1, 0.15) is 33.6 Å². The fourth-order valence-electron chi connectivity index (χ4n) is 2.64. The quantitative estimate of drug-likeness (QED) is 0.684. The van der Waals surface area contributed by atoms with E-state index < -0.39 is 16.4 Å². The molecule has 23 heavy (non-hydrogen) atoms. The molecule has 1 aliphatic heterocycles. The molecule has 124 valence electrons. The van der Waals surface area contributed by atoms with E-state index in [1.54, 1.807) is 11.0 Å². The molecule has 1 atom stereocenters. The van der Waals surface area contributed by atoms with E-state index in [2.05, 4.69) is 5.32 Å². The first-order valence-electron chi connectivity index (χ1n) is 7.56. The van der Waals surface area contributed by atoms with Gasteiger partial charge in [0.1, 0.15) is 6.04 Å². The predicted molar refractivity (Wildman–Crippen MR) is 85.9 cm³/mol. The summed E-state index contributed by atoms with van der Waals surface area (Å²) >= 11 is 0. The molecule has 1 heterocycles. The smallest absolute Gasteiger partial charge is 0.271 e. The molecular weight excluding hydrogens is 298 g/mol. The van der Waals surface area contributed by atoms with Crippen molar-refractivity contribution in [3.63, 3.8) is 0 Å². The summed E-state index contributed by atoms with van der Waals surface area (Å²) in [6.07, 6.45) is 1.37. The van der Waals surface area contributed by atoms with Gasteiger partial charge in [-0.05, 0) is 18.9 Å². The Labute approximate surface area is 134 Å². The summed E-state index contributed by atoms with van der Waals surface area (Å²) in [5.41, 5.74) is -0.273. The molecular formula is C16H21N3O4. The third-order valence-electron chi connectivity index (χ3n) is 3.78. The maximum atomic E-state index is 12.5. The molecule has 7 heteroatoms. The second-order valence-electron chi connectivity index (χ2n) is 6.70. The number of nitrogens with zero attached hydrogens (tertiary/aromatic N) is 2. The molecule has 1 aromatic rings. The number of hydrogen-bond donors (Lipinski definition) is 1. The van der Waals surface area contributed by atoms with Gasteiger partial charge in [0, 0.05) is 29.8 Å². The Morgan fingerprint density at radius 2 is 2.04 bits per heavy atom. The lowest BCUT2D eigenvalue weighted by molar-refractivity contribution is -0.384. The molecule has 0 aromatic heterocycles. The van der Waals surface area contributed by atoms with Crippen molar-refractivity contribution in [1.82, 2.24) is 4.90 Å². The monoisotopic (exact) mass is 319 g/mol. The molecule has 1 aliphatic rings. The molecule has 0 spiro atoms. The Kier molecular flexibility index (Phi) is 4.68. The van der Waals surface area contributed by atoms with Crippen LogP contribution in [0, 0.1) is 15.5 Å². The highest BCUT2D eigenvalue weighted by atomic mass is 16.6. The fraction of sp³-hybridized carbons (Fsp3) is 0.500. The van der Waals surface area contributed by atoms with Crippen LogP contribution in [0.4, 0.5) is 11.4 Å². The Morgan fingerprint density at radius 3 is 2.65 bits per heavy atom. The van der Waals surface area contributed by atoms with Crippen LogP contribution in [-0.2, 0) is 9.59 Å². The third-order valence-corrected chi connectivity index (χ3v) is 3.78. The summed E-state index contributed by atoms with van der Waals surface area (Å²) in [6, 6.07) is 5.25. The number of anilines is 1. The summed E-state index contributed by atoms with van der Waals surface area (Å²) in [4.78, 5) is 36.8. The Hall–Kier alpha value is -2.44. The highest BCUT2D eigenvalue weighted by Gasteiger charge is 2.38. The summed E-state index contributed by atoms with van der Waals surface area (Å²) in [5, 5.41) is 13.5. The fourth-order valence-corrected chi connectivity index (χ4v) is 2.64. The van der Waals surface area contributed by atoms with Crippen LogP contribution in [0.5, 0.6) is 0 Å². The number of nitrogens with one attached hydrogen (secondary N) is 1. The number of likely N-dealkylation sites (tertiary alicyclic amines) is 1. The van der Waals surface area contributed by atoms with Crippen molar-refractivity contribution in [2.75, 3.05) is 11.9 Å². The normalized spacial score (nSPS) is 17.9. The average molecular weight is 319 g/mol. The molecule has 2 rings (SSSR count). The SMILES string of the molecule is CC(C)(C)C(=O)N1CCCC1C(=O)Nc1cccc([N+](=O)[O-])c1. The van der Waals surface area contributed by atoms with Gasteiger partial charge in [-0.15, -0.1) is 0 Å². The minimum absolute atomic E-state index is 0.0609. The van der Waals surface area contributed by atoms with Gasteiger partial charge >= 0.3 is 0 Å². The van der Waals surface area contributed by atoms with E-state index in [1.165, 1.54) is 18.2 Å². The number of carbonyl (C=O) groups excluding carboxylic acids is 2. The molecule has 7 nitrogen and oxygen atoms in total. The van der Waals surface area contributed by atoms with E-state index in [4.69, 9.17) is 0 Å². The number of benzene rings is 1. The maximum absolute atomic E-state index is 12.5. The largest absolute Gasteiger partial charge is 0.330 e. The van der Waals surface area contributed by atoms with E-state index in [-0.39, 0.29) is 17.5 Å². The second-order valence-corrected chi connectivity index (χ2v) is 6.70. The zero-order valence-corrected chi connectivity index (χ0v) is 13.5. The lowest BCUT2D eigenvalue weighted by Gasteiger charge is -2.30. The summed E-state index contributed by atoms with van der Waals surface area (Å²) in [6.45, 7) is 6.03. The molecule has 2 amide bonds. The molecule has 1 fully saturated rings. The first-order valence-corrected chi connectivity index (χ1v) is 7.56. The van der Waals surface area contributed by atoms with E-state index in [0.29, 0.717) is 18.7 Å². The van der Waals surface area contributed by atoms with E-state index >= 15 is 0 Å². The first-order chi connectivity index (χ1) is 10.7. The molecule has 1 saturated heterocycles. The van der Waals surface area contributed by atoms with Crippen molar-refractivity contribution in [3.05, 3.63) is 34.4 Å². The minimum atomic E-state index is -0.547. The molecule has 0 aliphatic carbocycles. The number of amides is 2. The van der Waals surface area contributed by atoms with Crippen LogP contribution in [0.2, 0.25) is 0 Å². The van der Waals surface area contributed by atoms with Gasteiger partial charge in [0.05, 0.1) is 4.92 Å². The van der Waals surface area contributed by atoms with Crippen LogP contribution < -0.4 is 5.32 Å². The predicted octanol–water partition coefficient (Wildman–Crippen LogP) is 2.57. The van der Waals surface area contributed by atoms with Crippen molar-refractivity contribution in [2.45, 2.75) is 39.7 Å². The zero-order valence-electron chi connectivity index (χ0n) is 13.5. The first kappa shape index (κ1) is 16.9. The van der Waals surface area contributed by atoms with Gasteiger partial charge < -0.3 is 10.2 Å². The average Bonchev–Trinajstić information content (AvgIpc) is 2.95. The highest BCUT2D eigenvalue weighted by molar-refractivity contribution is 5.98. The van der Waals surface area contributed by atoms with Gasteiger partial charge in [0.15, 0.2) is 0 Å². The van der Waals surface area contributed by atoms with Crippen molar-refractivity contribution in [3.8, 4) is 0 Å². The number of rotatable bonds is 3. The van der Waals surface area contributed by atoms with Crippen molar-refractivity contribution < 1.29 is 14.5 Å². The van der Waals surface area contributed by atoms with Crippen LogP contribution >= 0.6 is 0 Å². The molecule has 1 aromatic carbocycles. The topological polar surface area (TPSA) is 92.6 Å². The van der Waals surface area contributed by atoms with Gasteiger partial charge in [-0.2, -0.15) is 0 Å². The highest BCUT2D eigenvalue weighted by Crippen LogP contribution is 2.26. The van der Waals surface area contributed by atoms with Gasteiger partial charge in [0.25, 0.3) is 5.69 Å². The standard InChI is InChI=1S/C16H21N3O4/c1-16(2,3)15(21)18-9-5-8-13(18)14(20)17-11-6-4-7-12(10-11)19(22)23/h4,6-7,10,13H,5,8-9H2,1-3H3,(H,17,20). The Bertz CT molecular complexity index is 636. The summed E-state index contributed by atoms with van der Waals surface area (Å²) < 4.78 is 0.